The van der Waals surface area contributed by atoms with Crippen LogP contribution in [0.3, 0.4) is 0 Å². The van der Waals surface area contributed by atoms with Crippen LogP contribution in [0, 0.1) is 17.8 Å². The van der Waals surface area contributed by atoms with E-state index >= 15 is 0 Å². The fourth-order valence-corrected chi connectivity index (χ4v) is 5.97. The van der Waals surface area contributed by atoms with Crippen LogP contribution in [0.1, 0.15) is 30.6 Å². The van der Waals surface area contributed by atoms with Gasteiger partial charge in [-0.3, -0.25) is 4.90 Å². The zero-order valence-electron chi connectivity index (χ0n) is 15.2. The molecule has 3 aliphatic rings. The first kappa shape index (κ1) is 15.6. The summed E-state index contributed by atoms with van der Waals surface area (Å²) >= 11 is 0. The molecule has 0 saturated carbocycles. The minimum absolute atomic E-state index is 0.0358. The van der Waals surface area contributed by atoms with E-state index in [4.69, 9.17) is 4.74 Å². The van der Waals surface area contributed by atoms with Gasteiger partial charge in [0.25, 0.3) is 0 Å². The molecule has 1 aromatic heterocycles. The molecular formula is C21H26N2O2. The van der Waals surface area contributed by atoms with Crippen molar-refractivity contribution in [2.75, 3.05) is 13.7 Å². The van der Waals surface area contributed by atoms with Gasteiger partial charge >= 0.3 is 0 Å². The highest BCUT2D eigenvalue weighted by Crippen LogP contribution is 2.51. The molecule has 1 aromatic carbocycles. The second kappa shape index (κ2) is 5.42. The molecule has 0 aliphatic carbocycles. The van der Waals surface area contributed by atoms with Crippen molar-refractivity contribution in [1.29, 1.82) is 0 Å². The Labute approximate surface area is 148 Å². The Bertz CT molecular complexity index is 842. The number of carbonyl (C=O) groups excluding carboxylic acids is 1. The number of fused-ring (bicyclic) bond motifs is 8. The number of aldehydes is 1. The summed E-state index contributed by atoms with van der Waals surface area (Å²) in [5.74, 6) is 0.937. The Kier molecular flexibility index (Phi) is 3.38. The second-order valence-corrected chi connectivity index (χ2v) is 8.21. The first-order valence-electron chi connectivity index (χ1n) is 9.46. The Morgan fingerprint density at radius 3 is 2.80 bits per heavy atom. The zero-order chi connectivity index (χ0) is 17.3. The molecular weight excluding hydrogens is 312 g/mol. The third-order valence-electron chi connectivity index (χ3n) is 7.29. The zero-order valence-corrected chi connectivity index (χ0v) is 15.2. The number of nitrogens with zero attached hydrogens (tertiary/aromatic N) is 2. The third kappa shape index (κ3) is 1.98. The number of rotatable bonds is 1. The van der Waals surface area contributed by atoms with Gasteiger partial charge in [-0.25, -0.2) is 0 Å². The van der Waals surface area contributed by atoms with E-state index in [0.717, 1.165) is 25.7 Å². The van der Waals surface area contributed by atoms with Gasteiger partial charge < -0.3 is 14.1 Å². The van der Waals surface area contributed by atoms with E-state index < -0.39 is 0 Å². The van der Waals surface area contributed by atoms with Crippen molar-refractivity contribution >= 4 is 17.2 Å². The number of aryl methyl sites for hydroxylation is 1. The Morgan fingerprint density at radius 1 is 1.20 bits per heavy atom. The van der Waals surface area contributed by atoms with Crippen LogP contribution >= 0.6 is 0 Å². The van der Waals surface area contributed by atoms with Gasteiger partial charge in [0, 0.05) is 41.5 Å². The molecule has 2 fully saturated rings. The van der Waals surface area contributed by atoms with Gasteiger partial charge in [-0.1, -0.05) is 18.2 Å². The van der Waals surface area contributed by atoms with Crippen molar-refractivity contribution in [3.05, 3.63) is 35.5 Å². The summed E-state index contributed by atoms with van der Waals surface area (Å²) in [5.41, 5.74) is 4.31. The van der Waals surface area contributed by atoms with E-state index in [1.807, 2.05) is 0 Å². The monoisotopic (exact) mass is 338 g/mol. The number of aromatic nitrogens is 1. The Hall–Kier alpha value is -1.65. The first-order chi connectivity index (χ1) is 12.1. The molecule has 0 N–H and O–H groups in total. The predicted octanol–water partition coefficient (Wildman–Crippen LogP) is 2.95. The van der Waals surface area contributed by atoms with Crippen molar-refractivity contribution in [1.82, 2.24) is 9.47 Å². The normalized spacial score (nSPS) is 37.6. The summed E-state index contributed by atoms with van der Waals surface area (Å²) in [6.45, 7) is 2.85. The van der Waals surface area contributed by atoms with E-state index in [1.54, 1.807) is 0 Å². The highest BCUT2D eigenvalue weighted by atomic mass is 16.5. The van der Waals surface area contributed by atoms with Crippen LogP contribution in [0.5, 0.6) is 0 Å². The molecule has 6 atom stereocenters. The second-order valence-electron chi connectivity index (χ2n) is 8.21. The quantitative estimate of drug-likeness (QED) is 0.750. The van der Waals surface area contributed by atoms with Crippen LogP contribution < -0.4 is 0 Å². The average Bonchev–Trinajstić information content (AvgIpc) is 2.88. The van der Waals surface area contributed by atoms with Crippen LogP contribution in [0.15, 0.2) is 24.3 Å². The lowest BCUT2D eigenvalue weighted by atomic mass is 9.64. The van der Waals surface area contributed by atoms with E-state index in [0.29, 0.717) is 23.9 Å². The van der Waals surface area contributed by atoms with Crippen LogP contribution in [-0.4, -0.2) is 41.6 Å². The number of hydrogen-bond donors (Lipinski definition) is 0. The summed E-state index contributed by atoms with van der Waals surface area (Å²) < 4.78 is 8.40. The number of para-hydroxylation sites is 1. The maximum Gasteiger partial charge on any atom is 0.125 e. The minimum Gasteiger partial charge on any atom is -0.377 e. The van der Waals surface area contributed by atoms with Gasteiger partial charge in [-0.2, -0.15) is 0 Å². The number of likely N-dealkylation sites (N-methyl/N-ethyl adjacent to an activating group) is 1. The summed E-state index contributed by atoms with van der Waals surface area (Å²) in [6, 6.07) is 9.64. The average molecular weight is 338 g/mol. The van der Waals surface area contributed by atoms with Crippen molar-refractivity contribution in [3.8, 4) is 0 Å². The van der Waals surface area contributed by atoms with Gasteiger partial charge in [0.15, 0.2) is 0 Å². The lowest BCUT2D eigenvalue weighted by Crippen LogP contribution is -2.59. The van der Waals surface area contributed by atoms with Gasteiger partial charge in [-0.15, -0.1) is 0 Å². The lowest BCUT2D eigenvalue weighted by molar-refractivity contribution is -0.150. The molecule has 2 aromatic rings. The molecule has 5 rings (SSSR count). The smallest absolute Gasteiger partial charge is 0.125 e. The summed E-state index contributed by atoms with van der Waals surface area (Å²) in [4.78, 5) is 14.3. The largest absolute Gasteiger partial charge is 0.377 e. The minimum atomic E-state index is 0.0358. The van der Waals surface area contributed by atoms with Crippen molar-refractivity contribution in [2.45, 2.75) is 38.0 Å². The van der Waals surface area contributed by atoms with Crippen LogP contribution in [-0.2, 0) is 23.0 Å². The molecule has 2 bridgehead atoms. The molecule has 0 amide bonds. The third-order valence-corrected chi connectivity index (χ3v) is 7.29. The van der Waals surface area contributed by atoms with Crippen molar-refractivity contribution in [2.24, 2.45) is 24.8 Å². The van der Waals surface area contributed by atoms with E-state index in [2.05, 4.69) is 54.8 Å². The van der Waals surface area contributed by atoms with Gasteiger partial charge in [-0.05, 0) is 44.4 Å². The number of piperidine rings is 1. The molecule has 2 saturated heterocycles. The Morgan fingerprint density at radius 2 is 2.00 bits per heavy atom. The van der Waals surface area contributed by atoms with E-state index in [1.165, 1.54) is 22.2 Å². The molecule has 0 spiro atoms. The summed E-state index contributed by atoms with van der Waals surface area (Å²) in [5, 5.41) is 1.40. The number of ether oxygens (including phenoxy) is 1. The molecule has 132 valence electrons. The fraction of sp³-hybridized carbons (Fsp3) is 0.571. The first-order valence-corrected chi connectivity index (χ1v) is 9.46. The topological polar surface area (TPSA) is 34.5 Å². The molecule has 0 radical (unpaired) electrons. The molecule has 3 aliphatic heterocycles. The summed E-state index contributed by atoms with van der Waals surface area (Å²) in [7, 11) is 4.46. The van der Waals surface area contributed by atoms with E-state index in [9.17, 15) is 4.79 Å². The Balaban J connectivity index is 1.66. The molecule has 0 unspecified atom stereocenters. The highest BCUT2D eigenvalue weighted by Gasteiger charge is 2.52. The van der Waals surface area contributed by atoms with Crippen LogP contribution in [0.25, 0.3) is 10.9 Å². The van der Waals surface area contributed by atoms with Crippen molar-refractivity contribution in [3.63, 3.8) is 0 Å². The van der Waals surface area contributed by atoms with E-state index in [-0.39, 0.29) is 12.0 Å². The van der Waals surface area contributed by atoms with Crippen LogP contribution in [0.2, 0.25) is 0 Å². The fourth-order valence-electron chi connectivity index (χ4n) is 5.97. The lowest BCUT2D eigenvalue weighted by Gasteiger charge is -2.55. The SMILES string of the molecule is C[C@H]1OC[C@@H]2[C@@H](C[C@H]3c4c(c5ccccc5n4C)C[C@@H]2N3C)[C@@H]1C=O. The van der Waals surface area contributed by atoms with Gasteiger partial charge in [0.2, 0.25) is 0 Å². The van der Waals surface area contributed by atoms with Crippen molar-refractivity contribution < 1.29 is 9.53 Å². The highest BCUT2D eigenvalue weighted by molar-refractivity contribution is 5.86. The molecule has 4 heteroatoms. The standard InChI is InChI=1S/C21H26N2O2/c1-12-16(10-24)14-8-20-21-15(9-19(22(20)2)17(14)11-25-12)13-6-4-5-7-18(13)23(21)3/h4-7,10,12,14,16-17,19-20H,8-9,11H2,1-3H3/t12-,14+,16-,17-,19+,20+/m1/s1. The summed E-state index contributed by atoms with van der Waals surface area (Å²) in [6.07, 6.45) is 3.33. The van der Waals surface area contributed by atoms with Gasteiger partial charge in [0.1, 0.15) is 6.29 Å². The molecule has 4 nitrogen and oxygen atoms in total. The maximum atomic E-state index is 11.8. The maximum absolute atomic E-state index is 11.8. The number of hydrogen-bond acceptors (Lipinski definition) is 3. The number of carbonyl (C=O) groups is 1. The van der Waals surface area contributed by atoms with Crippen LogP contribution in [0.4, 0.5) is 0 Å². The molecule has 4 heterocycles. The molecule has 25 heavy (non-hydrogen) atoms. The predicted molar refractivity (Wildman–Crippen MR) is 97.5 cm³/mol. The number of benzene rings is 1. The van der Waals surface area contributed by atoms with Gasteiger partial charge in [0.05, 0.1) is 18.8 Å².